The molecule has 1 aromatic carbocycles. The van der Waals surface area contributed by atoms with Crippen molar-refractivity contribution in [3.63, 3.8) is 0 Å². The van der Waals surface area contributed by atoms with Gasteiger partial charge in [0.2, 0.25) is 0 Å². The standard InChI is InChI=1S/C13H17N3O/c14-13(15)10-4-6-12(17)9(8-10)3-5-11-2-1-7-16-11/h3-6,8,11,16-17H,1-2,7H2,(H3,14,15)/t11-/m1/s1. The Morgan fingerprint density at radius 2 is 2.35 bits per heavy atom. The Labute approximate surface area is 101 Å². The molecule has 90 valence electrons. The van der Waals surface area contributed by atoms with E-state index in [0.29, 0.717) is 17.2 Å². The van der Waals surface area contributed by atoms with Crippen molar-refractivity contribution >= 4 is 11.9 Å². The highest BCUT2D eigenvalue weighted by Gasteiger charge is 2.10. The Balaban J connectivity index is 2.18. The molecule has 1 atom stereocenters. The van der Waals surface area contributed by atoms with Crippen LogP contribution in [-0.4, -0.2) is 23.5 Å². The third-order valence-corrected chi connectivity index (χ3v) is 2.95. The van der Waals surface area contributed by atoms with Crippen molar-refractivity contribution in [3.8, 4) is 5.75 Å². The summed E-state index contributed by atoms with van der Waals surface area (Å²) in [5, 5.41) is 20.4. The van der Waals surface area contributed by atoms with E-state index in [-0.39, 0.29) is 11.6 Å². The van der Waals surface area contributed by atoms with Crippen LogP contribution < -0.4 is 11.1 Å². The van der Waals surface area contributed by atoms with E-state index in [1.165, 1.54) is 6.42 Å². The van der Waals surface area contributed by atoms with Crippen molar-refractivity contribution in [2.24, 2.45) is 5.73 Å². The molecule has 1 aromatic rings. The summed E-state index contributed by atoms with van der Waals surface area (Å²) >= 11 is 0. The summed E-state index contributed by atoms with van der Waals surface area (Å²) in [6, 6.07) is 5.32. The second-order valence-corrected chi connectivity index (χ2v) is 4.25. The second-order valence-electron chi connectivity index (χ2n) is 4.25. The number of phenols is 1. The van der Waals surface area contributed by atoms with Gasteiger partial charge in [-0.3, -0.25) is 5.41 Å². The van der Waals surface area contributed by atoms with Crippen LogP contribution in [0.3, 0.4) is 0 Å². The van der Waals surface area contributed by atoms with Crippen molar-refractivity contribution in [2.45, 2.75) is 18.9 Å². The highest BCUT2D eigenvalue weighted by molar-refractivity contribution is 5.95. The van der Waals surface area contributed by atoms with Gasteiger partial charge in [0.15, 0.2) is 0 Å². The molecule has 0 aromatic heterocycles. The normalized spacial score (nSPS) is 19.9. The molecule has 1 fully saturated rings. The lowest BCUT2D eigenvalue weighted by Gasteiger charge is -2.05. The summed E-state index contributed by atoms with van der Waals surface area (Å²) in [6.45, 7) is 1.05. The van der Waals surface area contributed by atoms with E-state index in [9.17, 15) is 5.11 Å². The second kappa shape index (κ2) is 5.01. The molecule has 0 radical (unpaired) electrons. The van der Waals surface area contributed by atoms with E-state index >= 15 is 0 Å². The summed E-state index contributed by atoms with van der Waals surface area (Å²) in [4.78, 5) is 0. The molecule has 4 nitrogen and oxygen atoms in total. The molecule has 0 bridgehead atoms. The van der Waals surface area contributed by atoms with Crippen LogP contribution in [-0.2, 0) is 0 Å². The third kappa shape index (κ3) is 2.85. The maximum atomic E-state index is 9.71. The first-order valence-electron chi connectivity index (χ1n) is 5.76. The van der Waals surface area contributed by atoms with Gasteiger partial charge < -0.3 is 16.2 Å². The zero-order valence-corrected chi connectivity index (χ0v) is 9.61. The van der Waals surface area contributed by atoms with Crippen molar-refractivity contribution in [1.82, 2.24) is 5.32 Å². The molecule has 0 spiro atoms. The fourth-order valence-electron chi connectivity index (χ4n) is 1.95. The number of phenolic OH excluding ortho intramolecular Hbond substituents is 1. The maximum Gasteiger partial charge on any atom is 0.122 e. The summed E-state index contributed by atoms with van der Waals surface area (Å²) in [5.74, 6) is 0.225. The van der Waals surface area contributed by atoms with Gasteiger partial charge in [-0.2, -0.15) is 0 Å². The molecule has 1 saturated heterocycles. The molecule has 1 heterocycles. The molecule has 5 N–H and O–H groups in total. The average molecular weight is 231 g/mol. The van der Waals surface area contributed by atoms with E-state index < -0.39 is 0 Å². The topological polar surface area (TPSA) is 82.1 Å². The number of nitrogens with one attached hydrogen (secondary N) is 2. The van der Waals surface area contributed by atoms with Crippen LogP contribution in [0, 0.1) is 5.41 Å². The molecule has 0 amide bonds. The highest BCUT2D eigenvalue weighted by atomic mass is 16.3. The van der Waals surface area contributed by atoms with Crippen LogP contribution in [0.5, 0.6) is 5.75 Å². The fourth-order valence-corrected chi connectivity index (χ4v) is 1.95. The fraction of sp³-hybridized carbons (Fsp3) is 0.308. The van der Waals surface area contributed by atoms with Gasteiger partial charge in [0.1, 0.15) is 11.6 Å². The zero-order valence-electron chi connectivity index (χ0n) is 9.61. The van der Waals surface area contributed by atoms with Crippen LogP contribution in [0.1, 0.15) is 24.0 Å². The molecular formula is C13H17N3O. The highest BCUT2D eigenvalue weighted by Crippen LogP contribution is 2.20. The first kappa shape index (κ1) is 11.7. The van der Waals surface area contributed by atoms with Gasteiger partial charge in [-0.05, 0) is 37.6 Å². The minimum Gasteiger partial charge on any atom is -0.507 e. The van der Waals surface area contributed by atoms with E-state index in [0.717, 1.165) is 13.0 Å². The van der Waals surface area contributed by atoms with Gasteiger partial charge in [0.25, 0.3) is 0 Å². The molecule has 17 heavy (non-hydrogen) atoms. The number of benzene rings is 1. The molecule has 1 aliphatic heterocycles. The molecule has 0 unspecified atom stereocenters. The number of nitrogens with two attached hydrogens (primary N) is 1. The Kier molecular flexibility index (Phi) is 3.44. The van der Waals surface area contributed by atoms with Crippen LogP contribution in [0.4, 0.5) is 0 Å². The number of rotatable bonds is 3. The van der Waals surface area contributed by atoms with Crippen LogP contribution in [0.25, 0.3) is 6.08 Å². The quantitative estimate of drug-likeness (QED) is 0.469. The lowest BCUT2D eigenvalue weighted by molar-refractivity contribution is 0.474. The first-order chi connectivity index (χ1) is 8.16. The minimum absolute atomic E-state index is 0.0126. The number of aromatic hydroxyl groups is 1. The smallest absolute Gasteiger partial charge is 0.122 e. The number of nitrogen functional groups attached to an aromatic ring is 1. The maximum absolute atomic E-state index is 9.71. The summed E-state index contributed by atoms with van der Waals surface area (Å²) in [7, 11) is 0. The van der Waals surface area contributed by atoms with Crippen molar-refractivity contribution in [3.05, 3.63) is 35.4 Å². The lowest BCUT2D eigenvalue weighted by Crippen LogP contribution is -2.18. The van der Waals surface area contributed by atoms with E-state index in [1.54, 1.807) is 18.2 Å². The predicted octanol–water partition coefficient (Wildman–Crippen LogP) is 1.44. The SMILES string of the molecule is N=C(N)c1ccc(O)c(C=C[C@H]2CCCN2)c1. The first-order valence-corrected chi connectivity index (χ1v) is 5.76. The number of hydrogen-bond acceptors (Lipinski definition) is 3. The Bertz CT molecular complexity index is 448. The lowest BCUT2D eigenvalue weighted by atomic mass is 10.1. The van der Waals surface area contributed by atoms with Gasteiger partial charge in [0.05, 0.1) is 0 Å². The molecule has 2 rings (SSSR count). The van der Waals surface area contributed by atoms with Crippen molar-refractivity contribution in [2.75, 3.05) is 6.54 Å². The Hall–Kier alpha value is -1.81. The summed E-state index contributed by atoms with van der Waals surface area (Å²) in [6.07, 6.45) is 6.24. The van der Waals surface area contributed by atoms with E-state index in [4.69, 9.17) is 11.1 Å². The Morgan fingerprint density at radius 1 is 1.53 bits per heavy atom. The zero-order chi connectivity index (χ0) is 12.3. The van der Waals surface area contributed by atoms with Gasteiger partial charge in [-0.25, -0.2) is 0 Å². The van der Waals surface area contributed by atoms with Gasteiger partial charge in [-0.15, -0.1) is 0 Å². The van der Waals surface area contributed by atoms with E-state index in [1.807, 2.05) is 12.2 Å². The van der Waals surface area contributed by atoms with Gasteiger partial charge >= 0.3 is 0 Å². The van der Waals surface area contributed by atoms with E-state index in [2.05, 4.69) is 5.32 Å². The Morgan fingerprint density at radius 3 is 3.00 bits per heavy atom. The van der Waals surface area contributed by atoms with Crippen LogP contribution >= 0.6 is 0 Å². The van der Waals surface area contributed by atoms with Crippen molar-refractivity contribution < 1.29 is 5.11 Å². The van der Waals surface area contributed by atoms with Gasteiger partial charge in [0, 0.05) is 17.2 Å². The third-order valence-electron chi connectivity index (χ3n) is 2.95. The van der Waals surface area contributed by atoms with Crippen LogP contribution in [0.2, 0.25) is 0 Å². The molecule has 0 aliphatic carbocycles. The van der Waals surface area contributed by atoms with Crippen LogP contribution in [0.15, 0.2) is 24.3 Å². The monoisotopic (exact) mass is 231 g/mol. The average Bonchev–Trinajstić information content (AvgIpc) is 2.80. The van der Waals surface area contributed by atoms with Crippen molar-refractivity contribution in [1.29, 1.82) is 5.41 Å². The molecule has 0 saturated carbocycles. The number of hydrogen-bond donors (Lipinski definition) is 4. The molecular weight excluding hydrogens is 214 g/mol. The summed E-state index contributed by atoms with van der Waals surface area (Å²) < 4.78 is 0. The largest absolute Gasteiger partial charge is 0.507 e. The number of amidine groups is 1. The predicted molar refractivity (Wildman–Crippen MR) is 69.2 cm³/mol. The molecule has 1 aliphatic rings. The van der Waals surface area contributed by atoms with Gasteiger partial charge in [-0.1, -0.05) is 12.2 Å². The summed E-state index contributed by atoms with van der Waals surface area (Å²) in [5.41, 5.74) is 6.74. The minimum atomic E-state index is 0.0126. The molecule has 4 heteroatoms.